The summed E-state index contributed by atoms with van der Waals surface area (Å²) < 4.78 is 0. The molecule has 1 rings (SSSR count). The predicted octanol–water partition coefficient (Wildman–Crippen LogP) is 0.109. The summed E-state index contributed by atoms with van der Waals surface area (Å²) in [5.41, 5.74) is 0. The number of hydrogen-bond donors (Lipinski definition) is 2. The van der Waals surface area contributed by atoms with Gasteiger partial charge in [0.05, 0.1) is 0 Å². The summed E-state index contributed by atoms with van der Waals surface area (Å²) in [7, 11) is 1.50. The van der Waals surface area contributed by atoms with Crippen LogP contribution in [-0.2, 0) is 0 Å². The first-order chi connectivity index (χ1) is 5.77. The lowest BCUT2D eigenvalue weighted by atomic mass is 10.1. The zero-order valence-corrected chi connectivity index (χ0v) is 8.15. The monoisotopic (exact) mass is 170 g/mol. The molecule has 1 aliphatic heterocycles. The summed E-state index contributed by atoms with van der Waals surface area (Å²) in [5, 5.41) is 5.85. The van der Waals surface area contributed by atoms with E-state index in [1.165, 1.54) is 40.2 Å². The minimum Gasteiger partial charge on any atom is -0.366 e. The van der Waals surface area contributed by atoms with Gasteiger partial charge in [-0.2, -0.15) is 0 Å². The van der Waals surface area contributed by atoms with Gasteiger partial charge in [0, 0.05) is 6.54 Å². The molecule has 12 heavy (non-hydrogen) atoms. The topological polar surface area (TPSA) is 41.1 Å². The molecule has 0 unspecified atom stereocenters. The fourth-order valence-corrected chi connectivity index (χ4v) is 1.05. The van der Waals surface area contributed by atoms with Crippen LogP contribution in [0.5, 0.6) is 0 Å². The zero-order valence-electron chi connectivity index (χ0n) is 8.15. The maximum Gasteiger partial charge on any atom is 0.215 e. The summed E-state index contributed by atoms with van der Waals surface area (Å²) >= 11 is 0. The van der Waals surface area contributed by atoms with Gasteiger partial charge >= 0.3 is 0 Å². The van der Waals surface area contributed by atoms with Crippen molar-refractivity contribution in [1.82, 2.24) is 10.6 Å². The third kappa shape index (κ3) is 9.49. The third-order valence-corrected chi connectivity index (χ3v) is 1.63. The first kappa shape index (κ1) is 11.5. The summed E-state index contributed by atoms with van der Waals surface area (Å²) in [5.74, 6) is 0.0394. The third-order valence-electron chi connectivity index (χ3n) is 1.63. The van der Waals surface area contributed by atoms with Crippen LogP contribution in [0.25, 0.3) is 0 Å². The molecule has 1 saturated heterocycles. The molecule has 4 heteroatoms. The number of carbonyl (C=O) groups excluding carboxylic acids is 1. The van der Waals surface area contributed by atoms with Gasteiger partial charge in [-0.15, -0.1) is 0 Å². The number of amides is 1. The Hall–Kier alpha value is -0.505. The van der Waals surface area contributed by atoms with Gasteiger partial charge in [0.1, 0.15) is 0 Å². The standard InChI is InChI=1S/C5H11N.C3H8BNO/c1-2-4-6-5-3-1;1-2-5-3(4)6/h6H,1-5H2;2,4H2,1H3,(H,5,6). The van der Waals surface area contributed by atoms with E-state index in [0.717, 1.165) is 6.54 Å². The van der Waals surface area contributed by atoms with Crippen molar-refractivity contribution in [3.63, 3.8) is 0 Å². The van der Waals surface area contributed by atoms with E-state index in [-0.39, 0.29) is 5.81 Å². The Morgan fingerprint density at radius 1 is 1.42 bits per heavy atom. The maximum atomic E-state index is 9.93. The van der Waals surface area contributed by atoms with E-state index in [9.17, 15) is 4.79 Å². The molecule has 3 nitrogen and oxygen atoms in total. The van der Waals surface area contributed by atoms with E-state index in [4.69, 9.17) is 0 Å². The Morgan fingerprint density at radius 2 is 2.00 bits per heavy atom. The lowest BCUT2D eigenvalue weighted by Crippen LogP contribution is -2.21. The minimum absolute atomic E-state index is 0.0394. The first-order valence-electron chi connectivity index (χ1n) is 4.72. The Balaban J connectivity index is 0.000000202. The SMILES string of the molecule is BC(=O)NCC.C1CCNCC1. The second-order valence-electron chi connectivity index (χ2n) is 2.90. The largest absolute Gasteiger partial charge is 0.366 e. The van der Waals surface area contributed by atoms with Gasteiger partial charge in [-0.25, -0.2) is 0 Å². The molecule has 1 fully saturated rings. The smallest absolute Gasteiger partial charge is 0.215 e. The van der Waals surface area contributed by atoms with Crippen molar-refractivity contribution in [2.45, 2.75) is 26.2 Å². The van der Waals surface area contributed by atoms with Crippen LogP contribution in [0.15, 0.2) is 0 Å². The number of hydrogen-bond acceptors (Lipinski definition) is 2. The van der Waals surface area contributed by atoms with Crippen LogP contribution in [0, 0.1) is 0 Å². The molecule has 0 aromatic rings. The lowest BCUT2D eigenvalue weighted by Gasteiger charge is -2.08. The van der Waals surface area contributed by atoms with Gasteiger partial charge in [-0.3, -0.25) is 4.79 Å². The molecule has 0 bridgehead atoms. The van der Waals surface area contributed by atoms with Crippen molar-refractivity contribution in [3.8, 4) is 0 Å². The summed E-state index contributed by atoms with van der Waals surface area (Å²) in [6, 6.07) is 0. The van der Waals surface area contributed by atoms with Gasteiger partial charge < -0.3 is 10.6 Å². The second kappa shape index (κ2) is 8.59. The summed E-state index contributed by atoms with van der Waals surface area (Å²) in [6.45, 7) is 5.12. The van der Waals surface area contributed by atoms with Crippen molar-refractivity contribution in [2.75, 3.05) is 19.6 Å². The first-order valence-corrected chi connectivity index (χ1v) is 4.72. The maximum absolute atomic E-state index is 9.93. The van der Waals surface area contributed by atoms with Crippen LogP contribution in [0.3, 0.4) is 0 Å². The fourth-order valence-electron chi connectivity index (χ4n) is 1.05. The average Bonchev–Trinajstić information content (AvgIpc) is 2.08. The average molecular weight is 170 g/mol. The molecular formula is C8H19BN2O. The molecular weight excluding hydrogens is 151 g/mol. The van der Waals surface area contributed by atoms with Crippen LogP contribution in [0.1, 0.15) is 26.2 Å². The minimum atomic E-state index is 0.0394. The molecule has 2 N–H and O–H groups in total. The van der Waals surface area contributed by atoms with E-state index in [2.05, 4.69) is 10.6 Å². The number of nitrogens with one attached hydrogen (secondary N) is 2. The molecule has 0 aromatic carbocycles. The molecule has 1 amide bonds. The molecule has 0 aromatic heterocycles. The zero-order chi connectivity index (χ0) is 9.23. The highest BCUT2D eigenvalue weighted by atomic mass is 16.1. The van der Waals surface area contributed by atoms with E-state index in [1.54, 1.807) is 0 Å². The van der Waals surface area contributed by atoms with Crippen molar-refractivity contribution in [1.29, 1.82) is 0 Å². The summed E-state index contributed by atoms with van der Waals surface area (Å²) in [6.07, 6.45) is 4.22. The van der Waals surface area contributed by atoms with E-state index >= 15 is 0 Å². The predicted molar refractivity (Wildman–Crippen MR) is 54.3 cm³/mol. The number of piperidine rings is 1. The Bertz CT molecular complexity index is 104. The molecule has 0 radical (unpaired) electrons. The Morgan fingerprint density at radius 3 is 2.08 bits per heavy atom. The van der Waals surface area contributed by atoms with Gasteiger partial charge in [-0.1, -0.05) is 6.42 Å². The van der Waals surface area contributed by atoms with Crippen molar-refractivity contribution in [2.24, 2.45) is 0 Å². The van der Waals surface area contributed by atoms with E-state index in [0.29, 0.717) is 0 Å². The molecule has 0 saturated carbocycles. The second-order valence-corrected chi connectivity index (χ2v) is 2.90. The van der Waals surface area contributed by atoms with Gasteiger partial charge in [0.25, 0.3) is 0 Å². The van der Waals surface area contributed by atoms with Gasteiger partial charge in [0.15, 0.2) is 5.81 Å². The number of rotatable bonds is 1. The molecule has 1 heterocycles. The molecule has 1 aliphatic rings. The van der Waals surface area contributed by atoms with Crippen molar-refractivity contribution < 1.29 is 4.79 Å². The normalized spacial score (nSPS) is 15.8. The Kier molecular flexibility index (Phi) is 8.23. The van der Waals surface area contributed by atoms with Crippen LogP contribution in [-0.4, -0.2) is 33.3 Å². The van der Waals surface area contributed by atoms with Crippen molar-refractivity contribution in [3.05, 3.63) is 0 Å². The van der Waals surface area contributed by atoms with E-state index < -0.39 is 0 Å². The number of carbonyl (C=O) groups is 1. The fraction of sp³-hybridized carbons (Fsp3) is 0.875. The van der Waals surface area contributed by atoms with E-state index in [1.807, 2.05) is 6.92 Å². The Labute approximate surface area is 75.7 Å². The van der Waals surface area contributed by atoms with Crippen LogP contribution in [0.4, 0.5) is 4.79 Å². The quantitative estimate of drug-likeness (QED) is 0.548. The lowest BCUT2D eigenvalue weighted by molar-refractivity contribution is 0.260. The van der Waals surface area contributed by atoms with Crippen molar-refractivity contribution >= 4 is 13.7 Å². The highest BCUT2D eigenvalue weighted by Crippen LogP contribution is 1.96. The molecule has 0 atom stereocenters. The van der Waals surface area contributed by atoms with Gasteiger partial charge in [0.2, 0.25) is 7.85 Å². The van der Waals surface area contributed by atoms with Crippen LogP contribution in [0.2, 0.25) is 0 Å². The highest BCUT2D eigenvalue weighted by molar-refractivity contribution is 6.57. The summed E-state index contributed by atoms with van der Waals surface area (Å²) in [4.78, 5) is 9.93. The van der Waals surface area contributed by atoms with Crippen LogP contribution >= 0.6 is 0 Å². The molecule has 0 aliphatic carbocycles. The highest BCUT2D eigenvalue weighted by Gasteiger charge is 1.93. The van der Waals surface area contributed by atoms with Crippen LogP contribution < -0.4 is 10.6 Å². The van der Waals surface area contributed by atoms with Gasteiger partial charge in [-0.05, 0) is 32.9 Å². The molecule has 70 valence electrons. The molecule has 0 spiro atoms.